The molecule has 21 heavy (non-hydrogen) atoms. The summed E-state index contributed by atoms with van der Waals surface area (Å²) in [6.07, 6.45) is 11.3. The molecule has 0 spiro atoms. The van der Waals surface area contributed by atoms with E-state index in [-0.39, 0.29) is 6.04 Å². The average molecular weight is 285 g/mol. The summed E-state index contributed by atoms with van der Waals surface area (Å²) in [6.45, 7) is 3.31. The minimum absolute atomic E-state index is 0.0208. The van der Waals surface area contributed by atoms with Crippen LogP contribution in [0.1, 0.15) is 56.5 Å². The summed E-state index contributed by atoms with van der Waals surface area (Å²) in [7, 11) is 0. The molecule has 0 saturated heterocycles. The Balaban J connectivity index is 1.85. The van der Waals surface area contributed by atoms with Crippen LogP contribution in [0.25, 0.3) is 0 Å². The Morgan fingerprint density at radius 3 is 2.62 bits per heavy atom. The molecule has 2 rings (SSSR count). The standard InChI is InChI=1S/C18H27N3/c1-2-3-4-5-9-13-21-14-12-20-18(21)15-17(19)16-10-7-6-8-11-16/h6-8,10-12,14,17H,2-5,9,13,15,19H2,1H3/t17-/m1/s1. The summed E-state index contributed by atoms with van der Waals surface area (Å²) in [4.78, 5) is 4.48. The first-order chi connectivity index (χ1) is 10.3. The second-order valence-electron chi connectivity index (χ2n) is 5.67. The first-order valence-electron chi connectivity index (χ1n) is 8.11. The molecule has 0 aliphatic heterocycles. The lowest BCUT2D eigenvalue weighted by atomic mass is 10.0. The second kappa shape index (κ2) is 8.63. The van der Waals surface area contributed by atoms with E-state index in [1.807, 2.05) is 24.4 Å². The molecule has 2 N–H and O–H groups in total. The van der Waals surface area contributed by atoms with Gasteiger partial charge in [0.05, 0.1) is 0 Å². The highest BCUT2D eigenvalue weighted by atomic mass is 15.1. The van der Waals surface area contributed by atoms with Crippen LogP contribution in [0, 0.1) is 0 Å². The Morgan fingerprint density at radius 2 is 1.86 bits per heavy atom. The monoisotopic (exact) mass is 285 g/mol. The molecule has 0 saturated carbocycles. The lowest BCUT2D eigenvalue weighted by Crippen LogP contribution is -2.16. The van der Waals surface area contributed by atoms with Crippen LogP contribution in [0.4, 0.5) is 0 Å². The first-order valence-corrected chi connectivity index (χ1v) is 8.11. The number of aryl methyl sites for hydroxylation is 1. The van der Waals surface area contributed by atoms with E-state index < -0.39 is 0 Å². The van der Waals surface area contributed by atoms with Gasteiger partial charge >= 0.3 is 0 Å². The number of hydrogen-bond acceptors (Lipinski definition) is 2. The van der Waals surface area contributed by atoms with E-state index in [0.29, 0.717) is 0 Å². The lowest BCUT2D eigenvalue weighted by molar-refractivity contribution is 0.542. The van der Waals surface area contributed by atoms with Gasteiger partial charge in [0.2, 0.25) is 0 Å². The molecule has 0 radical (unpaired) electrons. The van der Waals surface area contributed by atoms with Crippen molar-refractivity contribution in [3.8, 4) is 0 Å². The third-order valence-electron chi connectivity index (χ3n) is 3.93. The minimum Gasteiger partial charge on any atom is -0.335 e. The molecule has 0 amide bonds. The van der Waals surface area contributed by atoms with E-state index in [1.54, 1.807) is 0 Å². The Morgan fingerprint density at radius 1 is 1.10 bits per heavy atom. The molecule has 2 aromatic rings. The highest BCUT2D eigenvalue weighted by molar-refractivity contribution is 5.19. The molecule has 1 aromatic heterocycles. The van der Waals surface area contributed by atoms with Gasteiger partial charge in [-0.1, -0.05) is 62.9 Å². The zero-order valence-electron chi connectivity index (χ0n) is 13.0. The number of unbranched alkanes of at least 4 members (excludes halogenated alkanes) is 4. The molecule has 0 fully saturated rings. The van der Waals surface area contributed by atoms with E-state index in [4.69, 9.17) is 5.73 Å². The maximum atomic E-state index is 6.30. The van der Waals surface area contributed by atoms with Gasteiger partial charge in [-0.2, -0.15) is 0 Å². The van der Waals surface area contributed by atoms with Gasteiger partial charge in [-0.05, 0) is 12.0 Å². The molecule has 3 heteroatoms. The Kier molecular flexibility index (Phi) is 6.48. The van der Waals surface area contributed by atoms with E-state index >= 15 is 0 Å². The summed E-state index contributed by atoms with van der Waals surface area (Å²) in [5, 5.41) is 0. The second-order valence-corrected chi connectivity index (χ2v) is 5.67. The van der Waals surface area contributed by atoms with Gasteiger partial charge < -0.3 is 10.3 Å². The predicted molar refractivity (Wildman–Crippen MR) is 88.1 cm³/mol. The predicted octanol–water partition coefficient (Wildman–Crippen LogP) is 4.10. The number of benzene rings is 1. The normalized spacial score (nSPS) is 12.5. The van der Waals surface area contributed by atoms with Gasteiger partial charge in [-0.3, -0.25) is 0 Å². The van der Waals surface area contributed by atoms with Crippen LogP contribution in [0.15, 0.2) is 42.7 Å². The van der Waals surface area contributed by atoms with Crippen LogP contribution in [-0.2, 0) is 13.0 Å². The zero-order valence-corrected chi connectivity index (χ0v) is 13.0. The van der Waals surface area contributed by atoms with Crippen molar-refractivity contribution in [3.63, 3.8) is 0 Å². The fraction of sp³-hybridized carbons (Fsp3) is 0.500. The Labute approximate surface area is 128 Å². The maximum Gasteiger partial charge on any atom is 0.110 e. The summed E-state index contributed by atoms with van der Waals surface area (Å²) >= 11 is 0. The smallest absolute Gasteiger partial charge is 0.110 e. The van der Waals surface area contributed by atoms with Crippen LogP contribution >= 0.6 is 0 Å². The van der Waals surface area contributed by atoms with Crippen molar-refractivity contribution in [2.45, 2.75) is 58.0 Å². The summed E-state index contributed by atoms with van der Waals surface area (Å²) in [5.74, 6) is 1.10. The Bertz CT molecular complexity index is 504. The minimum atomic E-state index is 0.0208. The van der Waals surface area contributed by atoms with Crippen LogP contribution in [-0.4, -0.2) is 9.55 Å². The number of imidazole rings is 1. The number of aromatic nitrogens is 2. The van der Waals surface area contributed by atoms with Crippen LogP contribution in [0.2, 0.25) is 0 Å². The van der Waals surface area contributed by atoms with Crippen LogP contribution in [0.5, 0.6) is 0 Å². The number of nitrogens with two attached hydrogens (primary N) is 1. The molecular formula is C18H27N3. The van der Waals surface area contributed by atoms with Crippen molar-refractivity contribution in [3.05, 3.63) is 54.1 Å². The molecule has 3 nitrogen and oxygen atoms in total. The number of nitrogens with zero attached hydrogens (tertiary/aromatic N) is 2. The fourth-order valence-corrected chi connectivity index (χ4v) is 2.63. The molecule has 0 unspecified atom stereocenters. The van der Waals surface area contributed by atoms with Crippen molar-refractivity contribution < 1.29 is 0 Å². The highest BCUT2D eigenvalue weighted by Gasteiger charge is 2.10. The van der Waals surface area contributed by atoms with Crippen molar-refractivity contribution in [1.82, 2.24) is 9.55 Å². The van der Waals surface area contributed by atoms with Crippen molar-refractivity contribution in [2.75, 3.05) is 0 Å². The first kappa shape index (κ1) is 15.8. The van der Waals surface area contributed by atoms with Crippen molar-refractivity contribution in [2.24, 2.45) is 5.73 Å². The number of rotatable bonds is 9. The largest absolute Gasteiger partial charge is 0.335 e. The van der Waals surface area contributed by atoms with Gasteiger partial charge in [0.25, 0.3) is 0 Å². The van der Waals surface area contributed by atoms with E-state index in [2.05, 4.69) is 34.8 Å². The van der Waals surface area contributed by atoms with Gasteiger partial charge in [0, 0.05) is 31.4 Å². The quantitative estimate of drug-likeness (QED) is 0.705. The fourth-order valence-electron chi connectivity index (χ4n) is 2.63. The molecule has 114 valence electrons. The van der Waals surface area contributed by atoms with Gasteiger partial charge in [-0.15, -0.1) is 0 Å². The SMILES string of the molecule is CCCCCCCn1ccnc1C[C@@H](N)c1ccccc1. The van der Waals surface area contributed by atoms with Crippen LogP contribution in [0.3, 0.4) is 0 Å². The average Bonchev–Trinajstić information content (AvgIpc) is 2.95. The van der Waals surface area contributed by atoms with Gasteiger partial charge in [0.15, 0.2) is 0 Å². The summed E-state index contributed by atoms with van der Waals surface area (Å²) in [6, 6.07) is 10.3. The third kappa shape index (κ3) is 5.01. The van der Waals surface area contributed by atoms with Gasteiger partial charge in [0.1, 0.15) is 5.82 Å². The van der Waals surface area contributed by atoms with E-state index in [9.17, 15) is 0 Å². The highest BCUT2D eigenvalue weighted by Crippen LogP contribution is 2.15. The van der Waals surface area contributed by atoms with E-state index in [0.717, 1.165) is 18.8 Å². The molecule has 1 heterocycles. The number of hydrogen-bond donors (Lipinski definition) is 1. The molecule has 0 aliphatic carbocycles. The molecule has 0 aliphatic rings. The van der Waals surface area contributed by atoms with E-state index in [1.165, 1.54) is 37.7 Å². The molecule has 1 aromatic carbocycles. The topological polar surface area (TPSA) is 43.8 Å². The summed E-state index contributed by atoms with van der Waals surface area (Å²) in [5.41, 5.74) is 7.47. The maximum absolute atomic E-state index is 6.30. The third-order valence-corrected chi connectivity index (χ3v) is 3.93. The van der Waals surface area contributed by atoms with Gasteiger partial charge in [-0.25, -0.2) is 4.98 Å². The Hall–Kier alpha value is -1.61. The molecule has 0 bridgehead atoms. The lowest BCUT2D eigenvalue weighted by Gasteiger charge is -2.13. The zero-order chi connectivity index (χ0) is 14.9. The summed E-state index contributed by atoms with van der Waals surface area (Å²) < 4.78 is 2.26. The van der Waals surface area contributed by atoms with Crippen molar-refractivity contribution >= 4 is 0 Å². The van der Waals surface area contributed by atoms with Crippen molar-refractivity contribution in [1.29, 1.82) is 0 Å². The van der Waals surface area contributed by atoms with Crippen LogP contribution < -0.4 is 5.73 Å². The molecular weight excluding hydrogens is 258 g/mol. The molecule has 1 atom stereocenters.